The van der Waals surface area contributed by atoms with Crippen LogP contribution in [-0.2, 0) is 23.9 Å². The third kappa shape index (κ3) is 6.95. The van der Waals surface area contributed by atoms with Gasteiger partial charge in [-0.3, -0.25) is 9.59 Å². The van der Waals surface area contributed by atoms with Crippen molar-refractivity contribution in [1.82, 2.24) is 0 Å². The molecule has 0 atom stereocenters. The molecule has 0 saturated carbocycles. The molecular weight excluding hydrogens is 255 g/mol. The number of hydrogen-bond donors (Lipinski definition) is 1. The second-order valence-corrected chi connectivity index (χ2v) is 3.28. The molecule has 0 aliphatic rings. The zero-order chi connectivity index (χ0) is 13.5. The molecule has 0 unspecified atom stereocenters. The Morgan fingerprint density at radius 3 is 1.61 bits per heavy atom. The zero-order valence-corrected chi connectivity index (χ0v) is 12.7. The van der Waals surface area contributed by atoms with Crippen LogP contribution < -0.4 is 34.7 Å². The summed E-state index contributed by atoms with van der Waals surface area (Å²) in [6.45, 7) is 3.14. The van der Waals surface area contributed by atoms with Gasteiger partial charge in [0.25, 0.3) is 0 Å². The summed E-state index contributed by atoms with van der Waals surface area (Å²) in [5.41, 5.74) is -2.60. The van der Waals surface area contributed by atoms with Crippen molar-refractivity contribution < 1.29 is 63.6 Å². The number of carboxylic acids is 1. The molecule has 0 fully saturated rings. The molecule has 0 aromatic carbocycles. The fourth-order valence-corrected chi connectivity index (χ4v) is 1.11. The van der Waals surface area contributed by atoms with Crippen molar-refractivity contribution in [2.24, 2.45) is 0 Å². The summed E-state index contributed by atoms with van der Waals surface area (Å²) in [4.78, 5) is 32.9. The molecule has 98 valence electrons. The summed E-state index contributed by atoms with van der Waals surface area (Å²) in [5, 5.41) is 20.3. The van der Waals surface area contributed by atoms with Crippen LogP contribution in [0, 0.1) is 0 Å². The quantitative estimate of drug-likeness (QED) is 0.365. The molecule has 0 bridgehead atoms. The predicted molar refractivity (Wildman–Crippen MR) is 52.5 cm³/mol. The Kier molecular flexibility index (Phi) is 10.2. The maximum atomic E-state index is 11.1. The van der Waals surface area contributed by atoms with Crippen LogP contribution in [0.4, 0.5) is 0 Å². The van der Waals surface area contributed by atoms with Gasteiger partial charge in [-0.1, -0.05) is 0 Å². The number of aliphatic carboxylic acids is 1. The van der Waals surface area contributed by atoms with Gasteiger partial charge >= 0.3 is 41.5 Å². The normalized spacial score (nSPS) is 10.2. The van der Waals surface area contributed by atoms with E-state index in [2.05, 4.69) is 9.47 Å². The topological polar surface area (TPSA) is 113 Å². The molecule has 0 spiro atoms. The van der Waals surface area contributed by atoms with E-state index in [1.165, 1.54) is 13.8 Å². The van der Waals surface area contributed by atoms with E-state index in [1.807, 2.05) is 0 Å². The van der Waals surface area contributed by atoms with Gasteiger partial charge in [-0.25, -0.2) is 0 Å². The van der Waals surface area contributed by atoms with Gasteiger partial charge in [-0.15, -0.1) is 0 Å². The van der Waals surface area contributed by atoms with Gasteiger partial charge < -0.3 is 24.5 Å². The summed E-state index contributed by atoms with van der Waals surface area (Å²) in [7, 11) is 0. The molecule has 0 rings (SSSR count). The largest absolute Gasteiger partial charge is 1.00 e. The Bertz CT molecular complexity index is 283. The molecule has 0 radical (unpaired) electrons. The van der Waals surface area contributed by atoms with Gasteiger partial charge in [0.15, 0.2) is 0 Å². The molecule has 0 amide bonds. The molecule has 0 aromatic heterocycles. The Balaban J connectivity index is 0. The average Bonchev–Trinajstić information content (AvgIpc) is 2.17. The monoisotopic (exact) mass is 270 g/mol. The van der Waals surface area contributed by atoms with Crippen LogP contribution in [0.25, 0.3) is 0 Å². The minimum atomic E-state index is -2.60. The molecule has 0 aromatic rings. The first kappa shape index (κ1) is 19.7. The van der Waals surface area contributed by atoms with Gasteiger partial charge in [0.2, 0.25) is 0 Å². The van der Waals surface area contributed by atoms with Crippen molar-refractivity contribution >= 4 is 17.9 Å². The Morgan fingerprint density at radius 1 is 1.06 bits per heavy atom. The summed E-state index contributed by atoms with van der Waals surface area (Å²) < 4.78 is 8.97. The number of carboxylic acid groups (broad SMARTS) is 1. The Hall–Kier alpha value is -0.630. The average molecular weight is 270 g/mol. The standard InChI is InChI=1S/C10H16O7.Na/c1-3-16-7(11)5-10(15,9(13)14)6-8(12)17-4-2;/h15H,3-6H2,1-2H3,(H,13,14);/q;+1/p-1. The molecule has 0 aliphatic heterocycles. The minimum Gasteiger partial charge on any atom is -0.547 e. The minimum absolute atomic E-state index is 0. The number of aliphatic hydroxyl groups is 1. The van der Waals surface area contributed by atoms with E-state index in [1.54, 1.807) is 0 Å². The van der Waals surface area contributed by atoms with Gasteiger partial charge in [0.1, 0.15) is 5.60 Å². The predicted octanol–water partition coefficient (Wildman–Crippen LogP) is -4.62. The molecular formula is C10H15NaO7. The SMILES string of the molecule is CCOC(=O)CC(O)(CC(=O)OCC)C(=O)[O-].[Na+]. The van der Waals surface area contributed by atoms with Crippen molar-refractivity contribution in [3.8, 4) is 0 Å². The molecule has 0 aliphatic carbocycles. The molecule has 1 N–H and O–H groups in total. The van der Waals surface area contributed by atoms with E-state index < -0.39 is 36.4 Å². The van der Waals surface area contributed by atoms with E-state index in [4.69, 9.17) is 0 Å². The van der Waals surface area contributed by atoms with Crippen molar-refractivity contribution in [2.75, 3.05) is 13.2 Å². The van der Waals surface area contributed by atoms with Crippen LogP contribution in [0.5, 0.6) is 0 Å². The number of carbonyl (C=O) groups is 3. The van der Waals surface area contributed by atoms with Crippen LogP contribution >= 0.6 is 0 Å². The molecule has 0 saturated heterocycles. The van der Waals surface area contributed by atoms with E-state index in [-0.39, 0.29) is 42.8 Å². The first-order valence-electron chi connectivity index (χ1n) is 5.10. The number of rotatable bonds is 7. The third-order valence-corrected chi connectivity index (χ3v) is 1.86. The zero-order valence-electron chi connectivity index (χ0n) is 10.7. The fraction of sp³-hybridized carbons (Fsp3) is 0.700. The number of ether oxygens (including phenoxy) is 2. The van der Waals surface area contributed by atoms with Crippen molar-refractivity contribution in [3.63, 3.8) is 0 Å². The molecule has 8 heteroatoms. The van der Waals surface area contributed by atoms with Crippen LogP contribution in [0.1, 0.15) is 26.7 Å². The first-order chi connectivity index (χ1) is 7.85. The van der Waals surface area contributed by atoms with Crippen molar-refractivity contribution in [3.05, 3.63) is 0 Å². The van der Waals surface area contributed by atoms with E-state index in [0.29, 0.717) is 0 Å². The van der Waals surface area contributed by atoms with Crippen LogP contribution in [-0.4, -0.2) is 41.8 Å². The maximum Gasteiger partial charge on any atom is 1.00 e. The van der Waals surface area contributed by atoms with E-state index >= 15 is 0 Å². The Morgan fingerprint density at radius 2 is 1.39 bits per heavy atom. The summed E-state index contributed by atoms with van der Waals surface area (Å²) >= 11 is 0. The Labute approximate surface area is 127 Å². The second-order valence-electron chi connectivity index (χ2n) is 3.28. The number of esters is 2. The smallest absolute Gasteiger partial charge is 0.547 e. The fourth-order valence-electron chi connectivity index (χ4n) is 1.11. The number of hydrogen-bond acceptors (Lipinski definition) is 7. The van der Waals surface area contributed by atoms with Crippen LogP contribution in [0.2, 0.25) is 0 Å². The van der Waals surface area contributed by atoms with Gasteiger partial charge in [0, 0.05) is 0 Å². The summed E-state index contributed by atoms with van der Waals surface area (Å²) in [6.07, 6.45) is -1.72. The summed E-state index contributed by atoms with van der Waals surface area (Å²) in [5.74, 6) is -3.77. The summed E-state index contributed by atoms with van der Waals surface area (Å²) in [6, 6.07) is 0. The second kappa shape index (κ2) is 9.32. The van der Waals surface area contributed by atoms with Gasteiger partial charge in [0.05, 0.1) is 32.0 Å². The van der Waals surface area contributed by atoms with Gasteiger partial charge in [-0.2, -0.15) is 0 Å². The van der Waals surface area contributed by atoms with E-state index in [9.17, 15) is 24.6 Å². The van der Waals surface area contributed by atoms with Crippen LogP contribution in [0.15, 0.2) is 0 Å². The molecule has 0 heterocycles. The molecule has 7 nitrogen and oxygen atoms in total. The maximum absolute atomic E-state index is 11.1. The van der Waals surface area contributed by atoms with Crippen molar-refractivity contribution in [2.45, 2.75) is 32.3 Å². The van der Waals surface area contributed by atoms with Crippen molar-refractivity contribution in [1.29, 1.82) is 0 Å². The third-order valence-electron chi connectivity index (χ3n) is 1.86. The molecule has 18 heavy (non-hydrogen) atoms. The van der Waals surface area contributed by atoms with Gasteiger partial charge in [-0.05, 0) is 13.8 Å². The number of carbonyl (C=O) groups excluding carboxylic acids is 3. The first-order valence-corrected chi connectivity index (χ1v) is 5.10. The van der Waals surface area contributed by atoms with Crippen LogP contribution in [0.3, 0.4) is 0 Å². The van der Waals surface area contributed by atoms with E-state index in [0.717, 1.165) is 0 Å².